The van der Waals surface area contributed by atoms with Gasteiger partial charge in [-0.15, -0.1) is 0 Å². The molecule has 0 saturated carbocycles. The van der Waals surface area contributed by atoms with Crippen LogP contribution in [0.25, 0.3) is 0 Å². The maximum Gasteiger partial charge on any atom is 1.00 e. The predicted octanol–water partition coefficient (Wildman–Crippen LogP) is 0.0228. The molecule has 0 aliphatic heterocycles. The highest BCUT2D eigenvalue weighted by molar-refractivity contribution is 5.90. The van der Waals surface area contributed by atoms with Gasteiger partial charge in [-0.05, 0) is 17.7 Å². The van der Waals surface area contributed by atoms with Crippen LogP contribution in [0.2, 0.25) is 0 Å². The Kier molecular flexibility index (Phi) is 3.61. The Bertz CT molecular complexity index is 290. The zero-order chi connectivity index (χ0) is 9.14. The fraction of sp³-hybridized carbons (Fsp3) is 0. The van der Waals surface area contributed by atoms with Gasteiger partial charge in [0.15, 0.2) is 0 Å². The van der Waals surface area contributed by atoms with Crippen molar-refractivity contribution < 1.29 is 21.2 Å². The van der Waals surface area contributed by atoms with Crippen LogP contribution in [0, 0.1) is 0 Å². The van der Waals surface area contributed by atoms with Crippen LogP contribution in [-0.2, 0) is 0 Å². The van der Waals surface area contributed by atoms with E-state index in [1.807, 2.05) is 0 Å². The van der Waals surface area contributed by atoms with E-state index >= 15 is 0 Å². The van der Waals surface area contributed by atoms with Crippen LogP contribution in [0.1, 0.15) is 22.1 Å². The number of aromatic carboxylic acids is 2. The van der Waals surface area contributed by atoms with Crippen molar-refractivity contribution in [1.29, 1.82) is 0 Å². The molecule has 0 spiro atoms. The summed E-state index contributed by atoms with van der Waals surface area (Å²) in [6, 6.07) is 4.82. The standard InChI is InChI=1S/C8H6O4.H3N/c9-7(10)5-1-2-6(4-3-5)8(11)12;/h1-4H,(H,9,10)(H,11,12);1H3. The Hall–Kier alpha value is -1.88. The van der Waals surface area contributed by atoms with Crippen LogP contribution in [0.15, 0.2) is 24.3 Å². The SMILES string of the molecule is N.O=C([O-])c1ccc(C(=O)O)cc1.[H+]. The van der Waals surface area contributed by atoms with Gasteiger partial charge in [0, 0.05) is 0 Å². The minimum atomic E-state index is -1.31. The second-order valence-corrected chi connectivity index (χ2v) is 2.17. The van der Waals surface area contributed by atoms with E-state index in [0.29, 0.717) is 0 Å². The Morgan fingerprint density at radius 2 is 1.54 bits per heavy atom. The highest BCUT2D eigenvalue weighted by Crippen LogP contribution is 2.02. The van der Waals surface area contributed by atoms with Crippen LogP contribution >= 0.6 is 0 Å². The first-order valence-electron chi connectivity index (χ1n) is 3.16. The number of benzene rings is 1. The Morgan fingerprint density at radius 1 is 1.15 bits per heavy atom. The zero-order valence-electron chi connectivity index (χ0n) is 7.69. The molecule has 5 nitrogen and oxygen atoms in total. The van der Waals surface area contributed by atoms with E-state index in [1.54, 1.807) is 0 Å². The summed E-state index contributed by atoms with van der Waals surface area (Å²) in [5.41, 5.74) is 0.0278. The Labute approximate surface area is 75.7 Å². The average Bonchev–Trinajstić information content (AvgIpc) is 2.04. The molecule has 0 heterocycles. The molecule has 0 aliphatic rings. The summed E-state index contributed by atoms with van der Waals surface area (Å²) in [6.45, 7) is 0. The second-order valence-electron chi connectivity index (χ2n) is 2.17. The lowest BCUT2D eigenvalue weighted by atomic mass is 10.1. The quantitative estimate of drug-likeness (QED) is 0.671. The molecule has 0 unspecified atom stereocenters. The normalized spacial score (nSPS) is 8.62. The van der Waals surface area contributed by atoms with E-state index in [2.05, 4.69) is 0 Å². The van der Waals surface area contributed by atoms with E-state index in [9.17, 15) is 14.7 Å². The van der Waals surface area contributed by atoms with Gasteiger partial charge in [-0.2, -0.15) is 0 Å². The Balaban J connectivity index is 0. The highest BCUT2D eigenvalue weighted by Gasteiger charge is 2.00. The molecule has 0 amide bonds. The van der Waals surface area contributed by atoms with Crippen LogP contribution in [0.3, 0.4) is 0 Å². The molecule has 0 aliphatic carbocycles. The van der Waals surface area contributed by atoms with Gasteiger partial charge in [0.05, 0.1) is 11.5 Å². The maximum atomic E-state index is 10.3. The van der Waals surface area contributed by atoms with Crippen molar-refractivity contribution in [1.82, 2.24) is 6.15 Å². The fourth-order valence-corrected chi connectivity index (χ4v) is 0.749. The van der Waals surface area contributed by atoms with Gasteiger partial charge in [-0.1, -0.05) is 12.1 Å². The molecule has 0 radical (unpaired) electrons. The van der Waals surface area contributed by atoms with Gasteiger partial charge in [0.2, 0.25) is 0 Å². The zero-order valence-corrected chi connectivity index (χ0v) is 6.69. The van der Waals surface area contributed by atoms with Gasteiger partial charge in [-0.3, -0.25) is 0 Å². The smallest absolute Gasteiger partial charge is 0.545 e. The molecule has 1 aromatic carbocycles. The summed E-state index contributed by atoms with van der Waals surface area (Å²) in [5.74, 6) is -2.40. The minimum Gasteiger partial charge on any atom is -0.545 e. The molecule has 0 aromatic heterocycles. The number of carbonyl (C=O) groups excluding carboxylic acids is 1. The number of carboxylic acids is 2. The summed E-state index contributed by atoms with van der Waals surface area (Å²) in [6.07, 6.45) is 0. The molecule has 0 bridgehead atoms. The lowest BCUT2D eigenvalue weighted by molar-refractivity contribution is -0.255. The summed E-state index contributed by atoms with van der Waals surface area (Å²) < 4.78 is 0. The van der Waals surface area contributed by atoms with E-state index < -0.39 is 11.9 Å². The van der Waals surface area contributed by atoms with Crippen LogP contribution in [0.5, 0.6) is 0 Å². The van der Waals surface area contributed by atoms with E-state index in [4.69, 9.17) is 5.11 Å². The first-order chi connectivity index (χ1) is 5.61. The highest BCUT2D eigenvalue weighted by atomic mass is 16.4. The van der Waals surface area contributed by atoms with Gasteiger partial charge in [0.1, 0.15) is 0 Å². The molecule has 70 valence electrons. The second kappa shape index (κ2) is 4.22. The lowest BCUT2D eigenvalue weighted by Gasteiger charge is -2.00. The molecule has 5 heteroatoms. The van der Waals surface area contributed by atoms with Crippen molar-refractivity contribution in [2.75, 3.05) is 0 Å². The van der Waals surface area contributed by atoms with Crippen LogP contribution in [0.4, 0.5) is 0 Å². The molecule has 1 aromatic rings. The molecular weight excluding hydrogens is 174 g/mol. The van der Waals surface area contributed by atoms with Crippen molar-refractivity contribution in [3.63, 3.8) is 0 Å². The van der Waals surface area contributed by atoms with Gasteiger partial charge < -0.3 is 21.2 Å². The minimum absolute atomic E-state index is 0. The molecule has 0 saturated heterocycles. The summed E-state index contributed by atoms with van der Waals surface area (Å²) in [5, 5.41) is 18.7. The maximum absolute atomic E-state index is 10.3. The summed E-state index contributed by atoms with van der Waals surface area (Å²) >= 11 is 0. The third-order valence-corrected chi connectivity index (χ3v) is 1.37. The van der Waals surface area contributed by atoms with Crippen LogP contribution < -0.4 is 11.3 Å². The lowest BCUT2D eigenvalue weighted by Crippen LogP contribution is -2.22. The van der Waals surface area contributed by atoms with E-state index in [0.717, 1.165) is 0 Å². The number of carbonyl (C=O) groups is 2. The molecule has 0 fully saturated rings. The van der Waals surface area contributed by atoms with E-state index in [1.165, 1.54) is 24.3 Å². The number of carboxylic acid groups (broad SMARTS) is 2. The van der Waals surface area contributed by atoms with Crippen molar-refractivity contribution in [3.8, 4) is 0 Å². The van der Waals surface area contributed by atoms with Gasteiger partial charge >= 0.3 is 7.40 Å². The Morgan fingerprint density at radius 3 is 1.85 bits per heavy atom. The van der Waals surface area contributed by atoms with Gasteiger partial charge in [-0.25, -0.2) is 4.79 Å². The third kappa shape index (κ3) is 2.57. The molecule has 13 heavy (non-hydrogen) atoms. The summed E-state index contributed by atoms with van der Waals surface area (Å²) in [7, 11) is 0. The van der Waals surface area contributed by atoms with Crippen molar-refractivity contribution in [2.24, 2.45) is 0 Å². The van der Waals surface area contributed by atoms with Gasteiger partial charge in [0.25, 0.3) is 0 Å². The fourth-order valence-electron chi connectivity index (χ4n) is 0.749. The number of rotatable bonds is 2. The average molecular weight is 183 g/mol. The third-order valence-electron chi connectivity index (χ3n) is 1.37. The molecule has 1 rings (SSSR count). The van der Waals surface area contributed by atoms with Crippen molar-refractivity contribution in [3.05, 3.63) is 35.4 Å². The first-order valence-corrected chi connectivity index (χ1v) is 3.16. The van der Waals surface area contributed by atoms with Crippen molar-refractivity contribution in [2.45, 2.75) is 0 Å². The predicted molar refractivity (Wildman–Crippen MR) is 43.9 cm³/mol. The number of hydrogen-bond donors (Lipinski definition) is 2. The molecule has 0 atom stereocenters. The monoisotopic (exact) mass is 183 g/mol. The number of hydrogen-bond acceptors (Lipinski definition) is 4. The van der Waals surface area contributed by atoms with Crippen LogP contribution in [-0.4, -0.2) is 17.0 Å². The topological polar surface area (TPSA) is 112 Å². The van der Waals surface area contributed by atoms with E-state index in [-0.39, 0.29) is 18.7 Å². The molecular formula is C8H9NO4. The first kappa shape index (κ1) is 11.1. The van der Waals surface area contributed by atoms with Crippen molar-refractivity contribution >= 4 is 11.9 Å². The largest absolute Gasteiger partial charge is 1.00 e. The summed E-state index contributed by atoms with van der Waals surface area (Å²) in [4.78, 5) is 20.5. The molecule has 4 N–H and O–H groups in total.